The normalized spacial score (nSPS) is 11.0. The second-order valence-electron chi connectivity index (χ2n) is 5.08. The van der Waals surface area contributed by atoms with Crippen LogP contribution in [0.2, 0.25) is 0 Å². The molecule has 0 aliphatic heterocycles. The highest BCUT2D eigenvalue weighted by Gasteiger charge is 2.08. The van der Waals surface area contributed by atoms with Crippen LogP contribution >= 0.6 is 0 Å². The van der Waals surface area contributed by atoms with Crippen molar-refractivity contribution in [2.24, 2.45) is 0 Å². The molecule has 1 N–H and O–H groups in total. The number of anilines is 1. The molecule has 0 unspecified atom stereocenters. The number of fused-ring (bicyclic) bond motifs is 1. The van der Waals surface area contributed by atoms with E-state index in [4.69, 9.17) is 4.74 Å². The first-order valence-corrected chi connectivity index (χ1v) is 7.01. The van der Waals surface area contributed by atoms with Crippen LogP contribution < -0.4 is 10.1 Å². The van der Waals surface area contributed by atoms with Gasteiger partial charge in [-0.1, -0.05) is 6.07 Å². The van der Waals surface area contributed by atoms with Crippen molar-refractivity contribution in [3.8, 4) is 5.88 Å². The molecule has 3 aromatic rings. The quantitative estimate of drug-likeness (QED) is 0.781. The Kier molecular flexibility index (Phi) is 3.73. The van der Waals surface area contributed by atoms with Gasteiger partial charge >= 0.3 is 0 Å². The molecule has 0 bridgehead atoms. The van der Waals surface area contributed by atoms with Crippen molar-refractivity contribution in [1.29, 1.82) is 0 Å². The molecule has 108 valence electrons. The van der Waals surface area contributed by atoms with Crippen molar-refractivity contribution < 1.29 is 4.74 Å². The van der Waals surface area contributed by atoms with E-state index in [1.165, 1.54) is 0 Å². The van der Waals surface area contributed by atoms with Gasteiger partial charge in [-0.05, 0) is 38.1 Å². The fourth-order valence-electron chi connectivity index (χ4n) is 2.16. The van der Waals surface area contributed by atoms with Crippen LogP contribution in [0.4, 0.5) is 5.69 Å². The average molecular weight is 282 g/mol. The van der Waals surface area contributed by atoms with Crippen LogP contribution in [0.15, 0.2) is 48.9 Å². The molecular formula is C16H18N4O. The van der Waals surface area contributed by atoms with E-state index in [2.05, 4.69) is 21.5 Å². The molecule has 3 heterocycles. The third kappa shape index (κ3) is 2.97. The lowest BCUT2D eigenvalue weighted by Crippen LogP contribution is -2.10. The third-order valence-corrected chi connectivity index (χ3v) is 3.09. The van der Waals surface area contributed by atoms with Crippen molar-refractivity contribution in [1.82, 2.24) is 14.6 Å². The Morgan fingerprint density at radius 3 is 3.00 bits per heavy atom. The fraction of sp³-hybridized carbons (Fsp3) is 0.250. The summed E-state index contributed by atoms with van der Waals surface area (Å²) in [5.74, 6) is 0.629. The predicted molar refractivity (Wildman–Crippen MR) is 82.5 cm³/mol. The Balaban J connectivity index is 1.79. The first-order valence-electron chi connectivity index (χ1n) is 7.01. The van der Waals surface area contributed by atoms with Crippen LogP contribution in [-0.2, 0) is 6.54 Å². The maximum atomic E-state index is 5.71. The van der Waals surface area contributed by atoms with Gasteiger partial charge in [0.25, 0.3) is 0 Å². The highest BCUT2D eigenvalue weighted by molar-refractivity contribution is 5.57. The second kappa shape index (κ2) is 5.83. The van der Waals surface area contributed by atoms with E-state index < -0.39 is 0 Å². The summed E-state index contributed by atoms with van der Waals surface area (Å²) in [4.78, 5) is 4.28. The van der Waals surface area contributed by atoms with Crippen molar-refractivity contribution in [3.05, 3.63) is 54.5 Å². The molecule has 0 aliphatic rings. The summed E-state index contributed by atoms with van der Waals surface area (Å²) in [5, 5.41) is 7.70. The van der Waals surface area contributed by atoms with Gasteiger partial charge in [-0.3, -0.25) is 0 Å². The lowest BCUT2D eigenvalue weighted by Gasteiger charge is -2.13. The van der Waals surface area contributed by atoms with Gasteiger partial charge < -0.3 is 10.1 Å². The minimum absolute atomic E-state index is 0.0948. The van der Waals surface area contributed by atoms with Gasteiger partial charge in [-0.15, -0.1) is 0 Å². The zero-order valence-corrected chi connectivity index (χ0v) is 12.2. The minimum atomic E-state index is 0.0948. The van der Waals surface area contributed by atoms with E-state index >= 15 is 0 Å². The van der Waals surface area contributed by atoms with E-state index in [1.807, 2.05) is 55.0 Å². The molecule has 0 saturated carbocycles. The van der Waals surface area contributed by atoms with Gasteiger partial charge in [0.1, 0.15) is 0 Å². The van der Waals surface area contributed by atoms with Gasteiger partial charge in [-0.2, -0.15) is 5.10 Å². The number of rotatable bonds is 5. The Hall–Kier alpha value is -2.56. The Morgan fingerprint density at radius 1 is 1.24 bits per heavy atom. The molecule has 0 fully saturated rings. The molecular weight excluding hydrogens is 264 g/mol. The molecule has 5 nitrogen and oxygen atoms in total. The molecule has 0 spiro atoms. The van der Waals surface area contributed by atoms with E-state index in [0.29, 0.717) is 12.4 Å². The van der Waals surface area contributed by atoms with Crippen LogP contribution in [0, 0.1) is 0 Å². The van der Waals surface area contributed by atoms with Gasteiger partial charge in [0.2, 0.25) is 5.88 Å². The molecule has 0 amide bonds. The summed E-state index contributed by atoms with van der Waals surface area (Å²) in [6, 6.07) is 9.89. The van der Waals surface area contributed by atoms with E-state index in [-0.39, 0.29) is 6.10 Å². The smallest absolute Gasteiger partial charge is 0.237 e. The summed E-state index contributed by atoms with van der Waals surface area (Å²) in [7, 11) is 0. The van der Waals surface area contributed by atoms with E-state index in [9.17, 15) is 0 Å². The van der Waals surface area contributed by atoms with E-state index in [1.54, 1.807) is 6.20 Å². The highest BCUT2D eigenvalue weighted by atomic mass is 16.5. The first-order chi connectivity index (χ1) is 10.2. The zero-order chi connectivity index (χ0) is 14.7. The van der Waals surface area contributed by atoms with E-state index in [0.717, 1.165) is 16.8 Å². The summed E-state index contributed by atoms with van der Waals surface area (Å²) in [6.07, 6.45) is 5.65. The molecule has 0 saturated heterocycles. The molecule has 0 aliphatic carbocycles. The second-order valence-corrected chi connectivity index (χ2v) is 5.08. The Labute approximate surface area is 123 Å². The summed E-state index contributed by atoms with van der Waals surface area (Å²) in [5.41, 5.74) is 3.12. The van der Waals surface area contributed by atoms with Crippen molar-refractivity contribution in [2.45, 2.75) is 26.5 Å². The number of nitrogens with one attached hydrogen (secondary N) is 1. The summed E-state index contributed by atoms with van der Waals surface area (Å²) in [6.45, 7) is 4.65. The predicted octanol–water partition coefficient (Wildman–Crippen LogP) is 3.13. The molecule has 0 radical (unpaired) electrons. The number of hydrogen-bond acceptors (Lipinski definition) is 4. The molecule has 0 atom stereocenters. The standard InChI is InChI=1S/C16H18N4O/c1-12(2)21-16-14(6-5-8-17-16)18-10-13-11-19-20-9-4-3-7-15(13)20/h3-9,11-12,18H,10H2,1-2H3. The topological polar surface area (TPSA) is 51.5 Å². The average Bonchev–Trinajstić information content (AvgIpc) is 2.89. The molecule has 3 aromatic heterocycles. The zero-order valence-electron chi connectivity index (χ0n) is 12.2. The maximum Gasteiger partial charge on any atom is 0.237 e. The summed E-state index contributed by atoms with van der Waals surface area (Å²) < 4.78 is 7.58. The van der Waals surface area contributed by atoms with Crippen molar-refractivity contribution in [3.63, 3.8) is 0 Å². The Bertz CT molecular complexity index is 736. The van der Waals surface area contributed by atoms with Crippen LogP contribution in [0.1, 0.15) is 19.4 Å². The SMILES string of the molecule is CC(C)Oc1ncccc1NCc1cnn2ccccc12. The Morgan fingerprint density at radius 2 is 2.14 bits per heavy atom. The molecule has 5 heteroatoms. The van der Waals surface area contributed by atoms with Gasteiger partial charge in [0, 0.05) is 24.5 Å². The van der Waals surface area contributed by atoms with Crippen LogP contribution in [0.25, 0.3) is 5.52 Å². The molecule has 3 rings (SSSR count). The van der Waals surface area contributed by atoms with Gasteiger partial charge in [-0.25, -0.2) is 9.50 Å². The van der Waals surface area contributed by atoms with Gasteiger partial charge in [0.15, 0.2) is 0 Å². The van der Waals surface area contributed by atoms with Crippen molar-refractivity contribution >= 4 is 11.2 Å². The fourth-order valence-corrected chi connectivity index (χ4v) is 2.16. The number of nitrogens with zero attached hydrogens (tertiary/aromatic N) is 3. The highest BCUT2D eigenvalue weighted by Crippen LogP contribution is 2.23. The number of ether oxygens (including phenoxy) is 1. The largest absolute Gasteiger partial charge is 0.473 e. The lowest BCUT2D eigenvalue weighted by molar-refractivity contribution is 0.234. The monoisotopic (exact) mass is 282 g/mol. The molecule has 0 aromatic carbocycles. The van der Waals surface area contributed by atoms with Crippen molar-refractivity contribution in [2.75, 3.05) is 5.32 Å². The minimum Gasteiger partial charge on any atom is -0.473 e. The first kappa shape index (κ1) is 13.4. The number of hydrogen-bond donors (Lipinski definition) is 1. The molecule has 21 heavy (non-hydrogen) atoms. The number of aromatic nitrogens is 3. The van der Waals surface area contributed by atoms with Crippen LogP contribution in [0.3, 0.4) is 0 Å². The summed E-state index contributed by atoms with van der Waals surface area (Å²) >= 11 is 0. The third-order valence-electron chi connectivity index (χ3n) is 3.09. The number of pyridine rings is 2. The lowest BCUT2D eigenvalue weighted by atomic mass is 10.2. The van der Waals surface area contributed by atoms with Gasteiger partial charge in [0.05, 0.1) is 23.5 Å². The van der Waals surface area contributed by atoms with Crippen LogP contribution in [-0.4, -0.2) is 20.7 Å². The van der Waals surface area contributed by atoms with Crippen LogP contribution in [0.5, 0.6) is 5.88 Å². The maximum absolute atomic E-state index is 5.71.